The van der Waals surface area contributed by atoms with Crippen molar-refractivity contribution in [3.05, 3.63) is 0 Å². The van der Waals surface area contributed by atoms with Crippen LogP contribution in [0.5, 0.6) is 0 Å². The van der Waals surface area contributed by atoms with Gasteiger partial charge in [-0.2, -0.15) is 0 Å². The molecule has 3 heteroatoms. The number of Topliss-reactive ketones (excluding diaryl/α,β-unsaturated/α-hetero) is 1. The molecule has 0 radical (unpaired) electrons. The Morgan fingerprint density at radius 2 is 1.67 bits per heavy atom. The molecule has 0 aliphatic heterocycles. The van der Waals surface area contributed by atoms with Crippen LogP contribution >= 0.6 is 0 Å². The Morgan fingerprint density at radius 3 is 2.11 bits per heavy atom. The quantitative estimate of drug-likeness (QED) is 0.592. The van der Waals surface area contributed by atoms with Gasteiger partial charge in [0.25, 0.3) is 0 Å². The van der Waals surface area contributed by atoms with Crippen molar-refractivity contribution in [1.29, 1.82) is 0 Å². The number of rotatable bonds is 9. The molecule has 0 aromatic rings. The lowest BCUT2D eigenvalue weighted by atomic mass is 9.91. The Labute approximate surface area is 111 Å². The number of esters is 1. The normalized spacial score (nSPS) is 12.8. The molecular weight excluding hydrogens is 228 g/mol. The molecule has 106 valence electrons. The molecule has 0 heterocycles. The van der Waals surface area contributed by atoms with E-state index in [0.717, 1.165) is 19.3 Å². The third-order valence-corrected chi connectivity index (χ3v) is 3.00. The average Bonchev–Trinajstić information content (AvgIpc) is 2.25. The average molecular weight is 256 g/mol. The molecule has 0 spiro atoms. The van der Waals surface area contributed by atoms with Crippen LogP contribution in [0.1, 0.15) is 59.8 Å². The highest BCUT2D eigenvalue weighted by atomic mass is 16.5. The van der Waals surface area contributed by atoms with E-state index in [1.54, 1.807) is 0 Å². The second-order valence-electron chi connectivity index (χ2n) is 5.88. The summed E-state index contributed by atoms with van der Waals surface area (Å²) in [5.41, 5.74) is 0. The van der Waals surface area contributed by atoms with Gasteiger partial charge in [0.2, 0.25) is 0 Å². The molecule has 0 rings (SSSR count). The van der Waals surface area contributed by atoms with Crippen LogP contribution in [0.3, 0.4) is 0 Å². The van der Waals surface area contributed by atoms with Gasteiger partial charge in [0, 0.05) is 12.8 Å². The van der Waals surface area contributed by atoms with Gasteiger partial charge in [0.15, 0.2) is 0 Å². The Hall–Kier alpha value is -0.860. The fraction of sp³-hybridized carbons (Fsp3) is 0.867. The van der Waals surface area contributed by atoms with Crippen molar-refractivity contribution in [2.75, 3.05) is 7.11 Å². The molecule has 0 saturated heterocycles. The summed E-state index contributed by atoms with van der Waals surface area (Å²) in [4.78, 5) is 23.4. The lowest BCUT2D eigenvalue weighted by molar-refractivity contribution is -0.147. The first kappa shape index (κ1) is 17.1. The van der Waals surface area contributed by atoms with Crippen LogP contribution in [0.15, 0.2) is 0 Å². The summed E-state index contributed by atoms with van der Waals surface area (Å²) in [6.07, 6.45) is 3.64. The topological polar surface area (TPSA) is 43.4 Å². The predicted molar refractivity (Wildman–Crippen MR) is 73.3 cm³/mol. The highest BCUT2D eigenvalue weighted by molar-refractivity contribution is 5.84. The van der Waals surface area contributed by atoms with Crippen LogP contribution in [-0.4, -0.2) is 18.9 Å². The molecule has 1 atom stereocenters. The summed E-state index contributed by atoms with van der Waals surface area (Å²) >= 11 is 0. The summed E-state index contributed by atoms with van der Waals surface area (Å²) in [5.74, 6) is 0.705. The van der Waals surface area contributed by atoms with Gasteiger partial charge in [0.05, 0.1) is 13.0 Å². The Kier molecular flexibility index (Phi) is 8.69. The van der Waals surface area contributed by atoms with E-state index in [0.29, 0.717) is 24.7 Å². The van der Waals surface area contributed by atoms with Gasteiger partial charge in [-0.15, -0.1) is 0 Å². The van der Waals surface area contributed by atoms with Crippen molar-refractivity contribution in [2.45, 2.75) is 59.8 Å². The van der Waals surface area contributed by atoms with Crippen LogP contribution in [0.4, 0.5) is 0 Å². The minimum Gasteiger partial charge on any atom is -0.469 e. The summed E-state index contributed by atoms with van der Waals surface area (Å²) < 4.78 is 4.77. The van der Waals surface area contributed by atoms with Crippen molar-refractivity contribution in [3.63, 3.8) is 0 Å². The molecule has 3 nitrogen and oxygen atoms in total. The van der Waals surface area contributed by atoms with Gasteiger partial charge in [-0.1, -0.05) is 34.1 Å². The Balaban J connectivity index is 4.14. The fourth-order valence-corrected chi connectivity index (χ4v) is 2.08. The van der Waals surface area contributed by atoms with Crippen molar-refractivity contribution in [1.82, 2.24) is 0 Å². The van der Waals surface area contributed by atoms with Gasteiger partial charge in [-0.3, -0.25) is 9.59 Å². The number of carbonyl (C=O) groups excluding carboxylic acids is 2. The van der Waals surface area contributed by atoms with Gasteiger partial charge in [0.1, 0.15) is 5.78 Å². The van der Waals surface area contributed by atoms with E-state index < -0.39 is 0 Å². The smallest absolute Gasteiger partial charge is 0.309 e. The highest BCUT2D eigenvalue weighted by Gasteiger charge is 2.23. The summed E-state index contributed by atoms with van der Waals surface area (Å²) in [6.45, 7) is 8.42. The Bertz CT molecular complexity index is 256. The van der Waals surface area contributed by atoms with Gasteiger partial charge in [-0.25, -0.2) is 0 Å². The van der Waals surface area contributed by atoms with E-state index in [-0.39, 0.29) is 17.7 Å². The predicted octanol–water partition coefficient (Wildman–Crippen LogP) is 3.61. The van der Waals surface area contributed by atoms with Gasteiger partial charge >= 0.3 is 5.97 Å². The molecule has 0 saturated carbocycles. The molecule has 1 unspecified atom stereocenters. The van der Waals surface area contributed by atoms with Crippen molar-refractivity contribution in [3.8, 4) is 0 Å². The van der Waals surface area contributed by atoms with E-state index in [1.807, 2.05) is 0 Å². The Morgan fingerprint density at radius 1 is 1.06 bits per heavy atom. The molecule has 0 aromatic carbocycles. The minimum atomic E-state index is -0.262. The molecule has 0 fully saturated rings. The zero-order valence-electron chi connectivity index (χ0n) is 12.5. The van der Waals surface area contributed by atoms with E-state index >= 15 is 0 Å². The maximum atomic E-state index is 11.8. The number of methoxy groups -OCH3 is 1. The first-order valence-corrected chi connectivity index (χ1v) is 6.96. The molecule has 0 aromatic heterocycles. The summed E-state index contributed by atoms with van der Waals surface area (Å²) in [7, 11) is 1.39. The monoisotopic (exact) mass is 256 g/mol. The lowest BCUT2D eigenvalue weighted by Gasteiger charge is -2.16. The van der Waals surface area contributed by atoms with Crippen molar-refractivity contribution in [2.24, 2.45) is 17.8 Å². The number of carbonyl (C=O) groups is 2. The minimum absolute atomic E-state index is 0.187. The standard InChI is InChI=1S/C15H28O3/c1-11(2)7-6-8-14(16)10-13(9-12(3)4)15(17)18-5/h11-13H,6-10H2,1-5H3. The van der Waals surface area contributed by atoms with Crippen LogP contribution in [-0.2, 0) is 14.3 Å². The zero-order chi connectivity index (χ0) is 14.1. The van der Waals surface area contributed by atoms with E-state index in [9.17, 15) is 9.59 Å². The second-order valence-corrected chi connectivity index (χ2v) is 5.88. The first-order valence-electron chi connectivity index (χ1n) is 6.96. The zero-order valence-corrected chi connectivity index (χ0v) is 12.5. The van der Waals surface area contributed by atoms with Crippen LogP contribution in [0.2, 0.25) is 0 Å². The third kappa shape index (κ3) is 8.26. The van der Waals surface area contributed by atoms with Crippen molar-refractivity contribution < 1.29 is 14.3 Å². The second kappa shape index (κ2) is 9.12. The third-order valence-electron chi connectivity index (χ3n) is 3.00. The number of ketones is 1. The maximum Gasteiger partial charge on any atom is 0.309 e. The van der Waals surface area contributed by atoms with Crippen LogP contribution in [0, 0.1) is 17.8 Å². The molecular formula is C15H28O3. The number of ether oxygens (including phenoxy) is 1. The van der Waals surface area contributed by atoms with E-state index in [4.69, 9.17) is 4.74 Å². The molecule has 18 heavy (non-hydrogen) atoms. The van der Waals surface area contributed by atoms with E-state index in [2.05, 4.69) is 27.7 Å². The van der Waals surface area contributed by atoms with Crippen LogP contribution in [0.25, 0.3) is 0 Å². The van der Waals surface area contributed by atoms with Crippen LogP contribution < -0.4 is 0 Å². The van der Waals surface area contributed by atoms with Crippen molar-refractivity contribution >= 4 is 11.8 Å². The lowest BCUT2D eigenvalue weighted by Crippen LogP contribution is -2.21. The first-order chi connectivity index (χ1) is 8.36. The summed E-state index contributed by atoms with van der Waals surface area (Å²) in [5, 5.41) is 0. The maximum absolute atomic E-state index is 11.8. The fourth-order valence-electron chi connectivity index (χ4n) is 2.08. The van der Waals surface area contributed by atoms with Gasteiger partial charge in [-0.05, 0) is 24.7 Å². The van der Waals surface area contributed by atoms with E-state index in [1.165, 1.54) is 7.11 Å². The number of hydrogen-bond acceptors (Lipinski definition) is 3. The summed E-state index contributed by atoms with van der Waals surface area (Å²) in [6, 6.07) is 0. The molecule has 0 aliphatic rings. The number of hydrogen-bond donors (Lipinski definition) is 0. The highest BCUT2D eigenvalue weighted by Crippen LogP contribution is 2.19. The molecule has 0 aliphatic carbocycles. The molecule has 0 N–H and O–H groups in total. The van der Waals surface area contributed by atoms with Gasteiger partial charge < -0.3 is 4.74 Å². The largest absolute Gasteiger partial charge is 0.469 e. The molecule has 0 amide bonds. The SMILES string of the molecule is COC(=O)C(CC(=O)CCCC(C)C)CC(C)C. The molecule has 0 bridgehead atoms.